The summed E-state index contributed by atoms with van der Waals surface area (Å²) in [5, 5.41) is 13.1. The number of aliphatic hydroxyl groups excluding tert-OH is 1. The van der Waals surface area contributed by atoms with Gasteiger partial charge in [-0.3, -0.25) is 0 Å². The van der Waals surface area contributed by atoms with E-state index >= 15 is 0 Å². The fourth-order valence-corrected chi connectivity index (χ4v) is 6.56. The number of nitrogens with one attached hydrogen (secondary N) is 1. The molecule has 1 aliphatic carbocycles. The van der Waals surface area contributed by atoms with Gasteiger partial charge in [-0.15, -0.1) is 0 Å². The molecule has 0 spiro atoms. The molecule has 1 aliphatic rings. The number of thioether (sulfide) groups is 1. The molecule has 0 saturated heterocycles. The van der Waals surface area contributed by atoms with Gasteiger partial charge in [0.1, 0.15) is 18.2 Å². The van der Waals surface area contributed by atoms with E-state index in [4.69, 9.17) is 14.2 Å². The zero-order valence-corrected chi connectivity index (χ0v) is 28.7. The number of esters is 1. The van der Waals surface area contributed by atoms with Crippen LogP contribution in [0.1, 0.15) is 109 Å². The number of carbonyl (C=O) groups is 2. The molecule has 0 fully saturated rings. The van der Waals surface area contributed by atoms with Gasteiger partial charge in [0.2, 0.25) is 0 Å². The molecule has 2 aromatic rings. The topological polar surface area (TPSA) is 94.1 Å². The van der Waals surface area contributed by atoms with Gasteiger partial charge in [0.15, 0.2) is 0 Å². The first-order valence-corrected chi connectivity index (χ1v) is 18.0. The fraction of sp³-hybridized carbons (Fsp3) is 0.622. The van der Waals surface area contributed by atoms with E-state index in [9.17, 15) is 14.7 Å². The maximum Gasteiger partial charge on any atom is 0.407 e. The second kappa shape index (κ2) is 19.9. The summed E-state index contributed by atoms with van der Waals surface area (Å²) in [6.45, 7) is 8.66. The van der Waals surface area contributed by atoms with Crippen molar-refractivity contribution in [3.8, 4) is 11.1 Å². The van der Waals surface area contributed by atoms with E-state index in [1.54, 1.807) is 20.8 Å². The van der Waals surface area contributed by atoms with Crippen LogP contribution in [-0.4, -0.2) is 66.2 Å². The average Bonchev–Trinajstić information content (AvgIpc) is 3.32. The lowest BCUT2D eigenvalue weighted by atomic mass is 9.98. The third kappa shape index (κ3) is 13.4. The van der Waals surface area contributed by atoms with Gasteiger partial charge in [0, 0.05) is 24.0 Å². The van der Waals surface area contributed by atoms with Crippen molar-refractivity contribution in [2.45, 2.75) is 116 Å². The normalized spacial score (nSPS) is 14.0. The summed E-state index contributed by atoms with van der Waals surface area (Å²) < 4.78 is 16.9. The first-order chi connectivity index (χ1) is 21.7. The number of carbonyl (C=O) groups excluding carboxylic acids is 2. The second-order valence-electron chi connectivity index (χ2n) is 13.0. The molecular formula is C37H55NO6S. The molecule has 7 nitrogen and oxygen atoms in total. The molecule has 0 heterocycles. The first-order valence-electron chi connectivity index (χ1n) is 16.9. The highest BCUT2D eigenvalue weighted by Crippen LogP contribution is 2.44. The van der Waals surface area contributed by atoms with E-state index < -0.39 is 29.8 Å². The number of unbranched alkanes of at least 4 members (excludes halogenated alkanes) is 9. The molecular weight excluding hydrogens is 586 g/mol. The Kier molecular flexibility index (Phi) is 16.3. The monoisotopic (exact) mass is 641 g/mol. The molecule has 2 N–H and O–H groups in total. The first kappa shape index (κ1) is 36.9. The lowest BCUT2D eigenvalue weighted by Crippen LogP contribution is -2.46. The van der Waals surface area contributed by atoms with Crippen molar-refractivity contribution in [1.82, 2.24) is 5.32 Å². The van der Waals surface area contributed by atoms with E-state index in [-0.39, 0.29) is 24.9 Å². The van der Waals surface area contributed by atoms with Gasteiger partial charge < -0.3 is 24.6 Å². The highest BCUT2D eigenvalue weighted by Gasteiger charge is 2.31. The van der Waals surface area contributed by atoms with E-state index in [0.717, 1.165) is 35.1 Å². The minimum atomic E-state index is -0.912. The number of hydrogen-bond acceptors (Lipinski definition) is 7. The van der Waals surface area contributed by atoms with Gasteiger partial charge in [-0.05, 0) is 49.4 Å². The summed E-state index contributed by atoms with van der Waals surface area (Å²) >= 11 is 1.37. The highest BCUT2D eigenvalue weighted by molar-refractivity contribution is 7.99. The largest absolute Gasteiger partial charge is 0.458 e. The third-order valence-corrected chi connectivity index (χ3v) is 9.06. The lowest BCUT2D eigenvalue weighted by molar-refractivity contribution is -0.156. The highest BCUT2D eigenvalue weighted by atomic mass is 32.2. The van der Waals surface area contributed by atoms with Gasteiger partial charge in [-0.25, -0.2) is 9.59 Å². The molecule has 1 amide bonds. The molecule has 0 radical (unpaired) electrons. The average molecular weight is 642 g/mol. The Morgan fingerprint density at radius 3 is 1.98 bits per heavy atom. The van der Waals surface area contributed by atoms with Gasteiger partial charge >= 0.3 is 12.1 Å². The maximum absolute atomic E-state index is 13.0. The number of fused-ring (bicyclic) bond motifs is 3. The maximum atomic E-state index is 13.0. The Balaban J connectivity index is 1.37. The number of hydrogen-bond donors (Lipinski definition) is 2. The van der Waals surface area contributed by atoms with E-state index in [1.165, 1.54) is 63.1 Å². The van der Waals surface area contributed by atoms with Crippen LogP contribution in [0.3, 0.4) is 0 Å². The van der Waals surface area contributed by atoms with Crippen LogP contribution in [0.4, 0.5) is 4.79 Å². The van der Waals surface area contributed by atoms with Crippen LogP contribution < -0.4 is 5.32 Å². The Bertz CT molecular complexity index is 1120. The van der Waals surface area contributed by atoms with Crippen LogP contribution in [0.2, 0.25) is 0 Å². The Morgan fingerprint density at radius 1 is 0.844 bits per heavy atom. The lowest BCUT2D eigenvalue weighted by Gasteiger charge is -2.25. The molecule has 0 bridgehead atoms. The summed E-state index contributed by atoms with van der Waals surface area (Å²) in [5.74, 6) is 0.0152. The molecule has 3 rings (SSSR count). The van der Waals surface area contributed by atoms with Gasteiger partial charge in [-0.2, -0.15) is 11.8 Å². The van der Waals surface area contributed by atoms with Crippen molar-refractivity contribution in [2.75, 3.05) is 31.3 Å². The summed E-state index contributed by atoms with van der Waals surface area (Å²) in [4.78, 5) is 25.9. The van der Waals surface area contributed by atoms with Crippen molar-refractivity contribution in [3.63, 3.8) is 0 Å². The fourth-order valence-electron chi connectivity index (χ4n) is 5.60. The predicted molar refractivity (Wildman–Crippen MR) is 184 cm³/mol. The smallest absolute Gasteiger partial charge is 0.407 e. The van der Waals surface area contributed by atoms with Gasteiger partial charge in [0.05, 0.1) is 12.7 Å². The Morgan fingerprint density at radius 2 is 1.40 bits per heavy atom. The molecule has 250 valence electrons. The van der Waals surface area contributed by atoms with E-state index in [0.29, 0.717) is 12.4 Å². The summed E-state index contributed by atoms with van der Waals surface area (Å²) in [5.41, 5.74) is 3.84. The van der Waals surface area contributed by atoms with Crippen LogP contribution in [0.5, 0.6) is 0 Å². The van der Waals surface area contributed by atoms with Crippen molar-refractivity contribution in [1.29, 1.82) is 0 Å². The summed E-state index contributed by atoms with van der Waals surface area (Å²) in [6.07, 6.45) is 11.4. The molecule has 0 aliphatic heterocycles. The summed E-state index contributed by atoms with van der Waals surface area (Å²) in [7, 11) is 0. The van der Waals surface area contributed by atoms with Crippen LogP contribution in [0, 0.1) is 0 Å². The standard InChI is InChI=1S/C37H55NO6S/c1-5-6-7-8-9-10-11-12-13-18-23-42-24-28(39)26-45-27-34(35(40)44-37(2,3)4)38-36(41)43-25-33-31-21-16-14-19-29(31)30-20-15-17-22-32(30)33/h14-17,19-22,28,33-34,39H,5-13,18,23-27H2,1-4H3,(H,38,41). The molecule has 45 heavy (non-hydrogen) atoms. The molecule has 2 atom stereocenters. The number of alkyl carbamates (subject to hydrolysis) is 1. The van der Waals surface area contributed by atoms with Crippen molar-refractivity contribution < 1.29 is 28.9 Å². The zero-order valence-electron chi connectivity index (χ0n) is 27.9. The molecule has 0 aromatic heterocycles. The molecule has 0 saturated carbocycles. The van der Waals surface area contributed by atoms with E-state index in [1.807, 2.05) is 24.3 Å². The minimum absolute atomic E-state index is 0.0760. The number of rotatable bonds is 21. The number of aliphatic hydroxyl groups is 1. The molecule has 2 unspecified atom stereocenters. The molecule has 2 aromatic carbocycles. The van der Waals surface area contributed by atoms with Crippen LogP contribution in [-0.2, 0) is 19.0 Å². The Hall–Kier alpha value is -2.55. The second-order valence-corrected chi connectivity index (χ2v) is 14.1. The molecule has 8 heteroatoms. The zero-order chi connectivity index (χ0) is 32.5. The van der Waals surface area contributed by atoms with Crippen LogP contribution >= 0.6 is 11.8 Å². The van der Waals surface area contributed by atoms with Crippen LogP contribution in [0.15, 0.2) is 48.5 Å². The van der Waals surface area contributed by atoms with Crippen molar-refractivity contribution in [3.05, 3.63) is 59.7 Å². The number of benzene rings is 2. The van der Waals surface area contributed by atoms with E-state index in [2.05, 4.69) is 36.5 Å². The van der Waals surface area contributed by atoms with Gasteiger partial charge in [-0.1, -0.05) is 113 Å². The predicted octanol–water partition coefficient (Wildman–Crippen LogP) is 8.27. The van der Waals surface area contributed by atoms with Crippen LogP contribution in [0.25, 0.3) is 11.1 Å². The van der Waals surface area contributed by atoms with Crippen molar-refractivity contribution in [2.24, 2.45) is 0 Å². The summed E-state index contributed by atoms with van der Waals surface area (Å²) in [6, 6.07) is 15.4. The van der Waals surface area contributed by atoms with Crippen molar-refractivity contribution >= 4 is 23.8 Å². The SMILES string of the molecule is CCCCCCCCCCCCOCC(O)CSCC(NC(=O)OCC1c2ccccc2-c2ccccc21)C(=O)OC(C)(C)C. The van der Waals surface area contributed by atoms with Gasteiger partial charge in [0.25, 0.3) is 0 Å². The third-order valence-electron chi connectivity index (χ3n) is 7.87. The number of amides is 1. The number of ether oxygens (including phenoxy) is 3. The Labute approximate surface area is 275 Å². The minimum Gasteiger partial charge on any atom is -0.458 e. The quantitative estimate of drug-likeness (QED) is 0.105.